The minimum atomic E-state index is 0.624. The van der Waals surface area contributed by atoms with Crippen LogP contribution in [0, 0.1) is 6.92 Å². The van der Waals surface area contributed by atoms with Gasteiger partial charge in [-0.3, -0.25) is 9.38 Å². The van der Waals surface area contributed by atoms with Crippen molar-refractivity contribution in [3.8, 4) is 22.8 Å². The smallest absolute Gasteiger partial charge is 0.223 e. The van der Waals surface area contributed by atoms with Gasteiger partial charge in [0.2, 0.25) is 5.95 Å². The Kier molecular flexibility index (Phi) is 4.31. The van der Waals surface area contributed by atoms with Crippen LogP contribution >= 0.6 is 0 Å². The molecule has 0 aliphatic heterocycles. The zero-order valence-electron chi connectivity index (χ0n) is 14.8. The molecule has 0 aliphatic rings. The second-order valence-corrected chi connectivity index (χ2v) is 6.09. The fraction of sp³-hybridized carbons (Fsp3) is 0.200. The molecule has 130 valence electrons. The lowest BCUT2D eigenvalue weighted by Crippen LogP contribution is -2.05. The number of pyridine rings is 2. The van der Waals surface area contributed by atoms with Crippen LogP contribution in [0.5, 0.6) is 0 Å². The molecule has 4 aromatic rings. The SMILES string of the molecule is CCCNc1nccc(-c2c(-c3cccc(C)n3)nc3ccccn23)n1. The Morgan fingerprint density at radius 2 is 1.88 bits per heavy atom. The first-order chi connectivity index (χ1) is 12.8. The summed E-state index contributed by atoms with van der Waals surface area (Å²) >= 11 is 0. The normalized spacial score (nSPS) is 11.0. The summed E-state index contributed by atoms with van der Waals surface area (Å²) in [5.74, 6) is 0.624. The maximum absolute atomic E-state index is 4.81. The number of anilines is 1. The van der Waals surface area contributed by atoms with E-state index >= 15 is 0 Å². The third-order valence-corrected chi connectivity index (χ3v) is 4.09. The van der Waals surface area contributed by atoms with Gasteiger partial charge in [0.25, 0.3) is 0 Å². The highest BCUT2D eigenvalue weighted by molar-refractivity contribution is 5.79. The molecule has 6 heteroatoms. The van der Waals surface area contributed by atoms with Crippen molar-refractivity contribution < 1.29 is 0 Å². The van der Waals surface area contributed by atoms with E-state index in [1.165, 1.54) is 0 Å². The van der Waals surface area contributed by atoms with Crippen molar-refractivity contribution in [3.63, 3.8) is 0 Å². The quantitative estimate of drug-likeness (QED) is 0.593. The van der Waals surface area contributed by atoms with Gasteiger partial charge in [-0.2, -0.15) is 0 Å². The van der Waals surface area contributed by atoms with Crippen LogP contribution in [0.3, 0.4) is 0 Å². The molecule has 0 amide bonds. The van der Waals surface area contributed by atoms with E-state index in [4.69, 9.17) is 9.97 Å². The first-order valence-corrected chi connectivity index (χ1v) is 8.74. The van der Waals surface area contributed by atoms with Gasteiger partial charge in [0.1, 0.15) is 17.0 Å². The Labute approximate surface area is 152 Å². The number of nitrogens with one attached hydrogen (secondary N) is 1. The summed E-state index contributed by atoms with van der Waals surface area (Å²) in [6, 6.07) is 13.8. The summed E-state index contributed by atoms with van der Waals surface area (Å²) in [5, 5.41) is 3.25. The first kappa shape index (κ1) is 16.2. The number of aryl methyl sites for hydroxylation is 1. The zero-order valence-corrected chi connectivity index (χ0v) is 14.8. The van der Waals surface area contributed by atoms with Gasteiger partial charge in [-0.25, -0.2) is 15.0 Å². The van der Waals surface area contributed by atoms with E-state index in [1.807, 2.05) is 60.0 Å². The number of fused-ring (bicyclic) bond motifs is 1. The van der Waals surface area contributed by atoms with E-state index < -0.39 is 0 Å². The zero-order chi connectivity index (χ0) is 17.9. The van der Waals surface area contributed by atoms with Crippen molar-refractivity contribution in [2.24, 2.45) is 0 Å². The second kappa shape index (κ2) is 6.92. The molecule has 0 fully saturated rings. The molecule has 0 bridgehead atoms. The van der Waals surface area contributed by atoms with Crippen LogP contribution < -0.4 is 5.32 Å². The van der Waals surface area contributed by atoms with Gasteiger partial charge in [-0.1, -0.05) is 19.1 Å². The number of aromatic nitrogens is 5. The fourth-order valence-corrected chi connectivity index (χ4v) is 2.91. The molecule has 0 aromatic carbocycles. The highest BCUT2D eigenvalue weighted by Gasteiger charge is 2.18. The summed E-state index contributed by atoms with van der Waals surface area (Å²) < 4.78 is 2.05. The lowest BCUT2D eigenvalue weighted by atomic mass is 10.1. The average Bonchev–Trinajstić information content (AvgIpc) is 3.06. The van der Waals surface area contributed by atoms with Crippen LogP contribution in [-0.2, 0) is 0 Å². The summed E-state index contributed by atoms with van der Waals surface area (Å²) in [6.07, 6.45) is 4.79. The van der Waals surface area contributed by atoms with Gasteiger partial charge in [0.15, 0.2) is 0 Å². The van der Waals surface area contributed by atoms with Gasteiger partial charge in [0.05, 0.1) is 11.4 Å². The maximum Gasteiger partial charge on any atom is 0.223 e. The topological polar surface area (TPSA) is 68.0 Å². The first-order valence-electron chi connectivity index (χ1n) is 8.74. The Morgan fingerprint density at radius 1 is 0.962 bits per heavy atom. The monoisotopic (exact) mass is 344 g/mol. The summed E-state index contributed by atoms with van der Waals surface area (Å²) in [4.78, 5) is 18.5. The summed E-state index contributed by atoms with van der Waals surface area (Å²) in [7, 11) is 0. The van der Waals surface area contributed by atoms with E-state index in [1.54, 1.807) is 6.20 Å². The Morgan fingerprint density at radius 3 is 2.73 bits per heavy atom. The van der Waals surface area contributed by atoms with Crippen LogP contribution in [0.2, 0.25) is 0 Å². The lowest BCUT2D eigenvalue weighted by Gasteiger charge is -2.07. The van der Waals surface area contributed by atoms with Crippen molar-refractivity contribution in [2.75, 3.05) is 11.9 Å². The maximum atomic E-state index is 4.81. The molecule has 0 radical (unpaired) electrons. The van der Waals surface area contributed by atoms with Crippen molar-refractivity contribution in [2.45, 2.75) is 20.3 Å². The third-order valence-electron chi connectivity index (χ3n) is 4.09. The third kappa shape index (κ3) is 3.01. The number of rotatable bonds is 5. The van der Waals surface area contributed by atoms with Gasteiger partial charge in [-0.15, -0.1) is 0 Å². The standard InChI is InChI=1S/C20H20N6/c1-3-11-21-20-22-12-10-16(24-20)19-18(15-8-6-7-14(2)23-15)25-17-9-4-5-13-26(17)19/h4-10,12-13H,3,11H2,1-2H3,(H,21,22,24). The lowest BCUT2D eigenvalue weighted by molar-refractivity contribution is 0.952. The minimum Gasteiger partial charge on any atom is -0.354 e. The molecular weight excluding hydrogens is 324 g/mol. The van der Waals surface area contributed by atoms with Crippen LogP contribution in [0.1, 0.15) is 19.0 Å². The van der Waals surface area contributed by atoms with Crippen LogP contribution in [0.25, 0.3) is 28.4 Å². The molecule has 4 rings (SSSR count). The minimum absolute atomic E-state index is 0.624. The van der Waals surface area contributed by atoms with Gasteiger partial charge >= 0.3 is 0 Å². The molecule has 6 nitrogen and oxygen atoms in total. The Hall–Kier alpha value is -3.28. The van der Waals surface area contributed by atoms with E-state index in [0.717, 1.165) is 47.1 Å². The van der Waals surface area contributed by atoms with E-state index in [2.05, 4.69) is 22.2 Å². The second-order valence-electron chi connectivity index (χ2n) is 6.09. The molecular formula is C20H20N6. The van der Waals surface area contributed by atoms with E-state index in [0.29, 0.717) is 5.95 Å². The molecule has 0 aliphatic carbocycles. The number of hydrogen-bond acceptors (Lipinski definition) is 5. The van der Waals surface area contributed by atoms with Crippen molar-refractivity contribution in [1.82, 2.24) is 24.3 Å². The predicted octanol–water partition coefficient (Wildman–Crippen LogP) is 3.98. The van der Waals surface area contributed by atoms with Crippen LogP contribution in [-0.4, -0.2) is 30.9 Å². The molecule has 1 N–H and O–H groups in total. The number of nitrogens with zero attached hydrogens (tertiary/aromatic N) is 5. The molecule has 0 spiro atoms. The number of imidazole rings is 1. The van der Waals surface area contributed by atoms with Crippen molar-refractivity contribution >= 4 is 11.6 Å². The molecule has 0 unspecified atom stereocenters. The molecule has 4 heterocycles. The highest BCUT2D eigenvalue weighted by atomic mass is 15.1. The highest BCUT2D eigenvalue weighted by Crippen LogP contribution is 2.31. The van der Waals surface area contributed by atoms with Crippen LogP contribution in [0.15, 0.2) is 54.9 Å². The Bertz CT molecular complexity index is 1050. The largest absolute Gasteiger partial charge is 0.354 e. The number of hydrogen-bond donors (Lipinski definition) is 1. The molecule has 0 saturated heterocycles. The van der Waals surface area contributed by atoms with Gasteiger partial charge in [0, 0.05) is 24.6 Å². The van der Waals surface area contributed by atoms with E-state index in [9.17, 15) is 0 Å². The van der Waals surface area contributed by atoms with Crippen LogP contribution in [0.4, 0.5) is 5.95 Å². The molecule has 26 heavy (non-hydrogen) atoms. The van der Waals surface area contributed by atoms with Crippen molar-refractivity contribution in [1.29, 1.82) is 0 Å². The van der Waals surface area contributed by atoms with Gasteiger partial charge in [-0.05, 0) is 43.7 Å². The molecule has 4 aromatic heterocycles. The Balaban J connectivity index is 1.92. The molecule has 0 saturated carbocycles. The van der Waals surface area contributed by atoms with Crippen molar-refractivity contribution in [3.05, 3.63) is 60.6 Å². The molecule has 0 atom stereocenters. The average molecular weight is 344 g/mol. The van der Waals surface area contributed by atoms with E-state index in [-0.39, 0.29) is 0 Å². The fourth-order valence-electron chi connectivity index (χ4n) is 2.91. The van der Waals surface area contributed by atoms with Gasteiger partial charge < -0.3 is 5.32 Å². The summed E-state index contributed by atoms with van der Waals surface area (Å²) in [6.45, 7) is 4.93. The summed E-state index contributed by atoms with van der Waals surface area (Å²) in [5.41, 5.74) is 5.21. The predicted molar refractivity (Wildman–Crippen MR) is 103 cm³/mol.